The van der Waals surface area contributed by atoms with Crippen LogP contribution in [-0.4, -0.2) is 30.1 Å². The topological polar surface area (TPSA) is 66.8 Å². The SMILES string of the molecule is O=C(O)CC1CCC(c2ccc(-c3ccc4c(c3)OCCN4C(=O)Cc3c(Cl)cccc3C(F)(F)F)cc2)CC1. The van der Waals surface area contributed by atoms with Gasteiger partial charge in [0.05, 0.1) is 24.2 Å². The lowest BCUT2D eigenvalue weighted by atomic mass is 9.77. The lowest BCUT2D eigenvalue weighted by Crippen LogP contribution is -2.39. The van der Waals surface area contributed by atoms with Gasteiger partial charge in [-0.15, -0.1) is 0 Å². The zero-order valence-corrected chi connectivity index (χ0v) is 22.5. The van der Waals surface area contributed by atoms with Gasteiger partial charge in [0.15, 0.2) is 0 Å². The Morgan fingerprint density at radius 3 is 2.35 bits per heavy atom. The van der Waals surface area contributed by atoms with E-state index < -0.39 is 30.0 Å². The van der Waals surface area contributed by atoms with E-state index in [0.29, 0.717) is 17.4 Å². The second-order valence-corrected chi connectivity index (χ2v) is 10.9. The van der Waals surface area contributed by atoms with E-state index >= 15 is 0 Å². The van der Waals surface area contributed by atoms with E-state index in [4.69, 9.17) is 21.4 Å². The van der Waals surface area contributed by atoms with Gasteiger partial charge >= 0.3 is 12.1 Å². The zero-order chi connectivity index (χ0) is 28.4. The molecule has 1 amide bonds. The second kappa shape index (κ2) is 11.5. The molecule has 1 aliphatic carbocycles. The number of ether oxygens (including phenoxy) is 1. The first-order chi connectivity index (χ1) is 19.1. The fraction of sp³-hybridized carbons (Fsp3) is 0.355. The van der Waals surface area contributed by atoms with Gasteiger partial charge in [0, 0.05) is 11.4 Å². The molecular weight excluding hydrogens is 543 g/mol. The van der Waals surface area contributed by atoms with Crippen molar-refractivity contribution in [3.05, 3.63) is 82.4 Å². The first-order valence-electron chi connectivity index (χ1n) is 13.3. The van der Waals surface area contributed by atoms with Crippen LogP contribution < -0.4 is 9.64 Å². The maximum atomic E-state index is 13.5. The lowest BCUT2D eigenvalue weighted by molar-refractivity contribution is -0.139. The van der Waals surface area contributed by atoms with Crippen LogP contribution in [0.5, 0.6) is 5.75 Å². The molecule has 1 heterocycles. The van der Waals surface area contributed by atoms with Crippen LogP contribution in [0, 0.1) is 5.92 Å². The summed E-state index contributed by atoms with van der Waals surface area (Å²) in [5.41, 5.74) is 2.48. The second-order valence-electron chi connectivity index (χ2n) is 10.5. The van der Waals surface area contributed by atoms with Crippen LogP contribution >= 0.6 is 11.6 Å². The summed E-state index contributed by atoms with van der Waals surface area (Å²) >= 11 is 6.08. The molecule has 1 N–H and O–H groups in total. The van der Waals surface area contributed by atoms with Gasteiger partial charge in [0.2, 0.25) is 5.91 Å². The summed E-state index contributed by atoms with van der Waals surface area (Å²) in [6.45, 7) is 0.445. The highest BCUT2D eigenvalue weighted by atomic mass is 35.5. The van der Waals surface area contributed by atoms with Crippen molar-refractivity contribution in [3.63, 3.8) is 0 Å². The summed E-state index contributed by atoms with van der Waals surface area (Å²) in [6, 6.07) is 17.3. The first kappa shape index (κ1) is 28.0. The van der Waals surface area contributed by atoms with Gasteiger partial charge in [-0.3, -0.25) is 9.59 Å². The number of nitrogens with zero attached hydrogens (tertiary/aromatic N) is 1. The highest BCUT2D eigenvalue weighted by Gasteiger charge is 2.35. The average molecular weight is 572 g/mol. The van der Waals surface area contributed by atoms with Crippen molar-refractivity contribution < 1.29 is 32.6 Å². The Balaban J connectivity index is 1.30. The minimum Gasteiger partial charge on any atom is -0.490 e. The predicted octanol–water partition coefficient (Wildman–Crippen LogP) is 7.74. The summed E-state index contributed by atoms with van der Waals surface area (Å²) < 4.78 is 46.4. The molecule has 0 aromatic heterocycles. The van der Waals surface area contributed by atoms with E-state index in [1.165, 1.54) is 22.6 Å². The summed E-state index contributed by atoms with van der Waals surface area (Å²) in [7, 11) is 0. The van der Waals surface area contributed by atoms with Crippen LogP contribution in [0.2, 0.25) is 5.02 Å². The summed E-state index contributed by atoms with van der Waals surface area (Å²) in [5.74, 6) is -0.0511. The standard InChI is InChI=1S/C31H29ClF3NO4/c32-26-3-1-2-25(31(33,34)35)24(26)18-29(37)36-14-15-40-28-17-23(12-13-27(28)36)22-10-8-21(9-11-22)20-6-4-19(5-7-20)16-30(38)39/h1-3,8-13,17,19-20H,4-7,14-16,18H2,(H,38,39). The first-order valence-corrected chi connectivity index (χ1v) is 13.7. The molecule has 1 aliphatic heterocycles. The number of carboxylic acid groups (broad SMARTS) is 1. The summed E-state index contributed by atoms with van der Waals surface area (Å²) in [4.78, 5) is 25.6. The van der Waals surface area contributed by atoms with Crippen LogP contribution in [0.15, 0.2) is 60.7 Å². The van der Waals surface area contributed by atoms with Crippen molar-refractivity contribution in [2.75, 3.05) is 18.1 Å². The third kappa shape index (κ3) is 6.12. The third-order valence-corrected chi connectivity index (χ3v) is 8.26. The van der Waals surface area contributed by atoms with E-state index in [2.05, 4.69) is 12.1 Å². The van der Waals surface area contributed by atoms with E-state index in [-0.39, 0.29) is 36.1 Å². The normalized spacial score (nSPS) is 19.1. The summed E-state index contributed by atoms with van der Waals surface area (Å²) in [5, 5.41) is 8.95. The molecule has 1 fully saturated rings. The number of hydrogen-bond donors (Lipinski definition) is 1. The number of alkyl halides is 3. The number of carbonyl (C=O) groups excluding carboxylic acids is 1. The van der Waals surface area contributed by atoms with E-state index in [1.54, 1.807) is 6.07 Å². The molecule has 2 aliphatic rings. The van der Waals surface area contributed by atoms with Crippen molar-refractivity contribution in [2.45, 2.75) is 50.6 Å². The predicted molar refractivity (Wildman–Crippen MR) is 147 cm³/mol. The van der Waals surface area contributed by atoms with Gasteiger partial charge in [0.25, 0.3) is 0 Å². The van der Waals surface area contributed by atoms with Crippen LogP contribution in [0.3, 0.4) is 0 Å². The van der Waals surface area contributed by atoms with Crippen LogP contribution in [-0.2, 0) is 22.2 Å². The number of halogens is 4. The number of fused-ring (bicyclic) bond motifs is 1. The van der Waals surface area contributed by atoms with Gasteiger partial charge < -0.3 is 14.7 Å². The lowest BCUT2D eigenvalue weighted by Gasteiger charge is -2.30. The minimum absolute atomic E-state index is 0.0937. The van der Waals surface area contributed by atoms with Gasteiger partial charge in [0.1, 0.15) is 12.4 Å². The number of anilines is 1. The highest BCUT2D eigenvalue weighted by Crippen LogP contribution is 2.40. The van der Waals surface area contributed by atoms with Crippen molar-refractivity contribution in [2.24, 2.45) is 5.92 Å². The molecular formula is C31H29ClF3NO4. The molecule has 3 aromatic rings. The number of amides is 1. The smallest absolute Gasteiger partial charge is 0.416 e. The molecule has 40 heavy (non-hydrogen) atoms. The van der Waals surface area contributed by atoms with E-state index in [9.17, 15) is 22.8 Å². The minimum atomic E-state index is -4.62. The number of hydrogen-bond acceptors (Lipinski definition) is 3. The number of benzene rings is 3. The van der Waals surface area contributed by atoms with Gasteiger partial charge in [-0.1, -0.05) is 48.0 Å². The number of aliphatic carboxylic acids is 1. The molecule has 5 nitrogen and oxygen atoms in total. The molecule has 1 saturated carbocycles. The number of carbonyl (C=O) groups is 2. The van der Waals surface area contributed by atoms with Gasteiger partial charge in [-0.2, -0.15) is 13.2 Å². The van der Waals surface area contributed by atoms with Gasteiger partial charge in [-0.05, 0) is 84.0 Å². The highest BCUT2D eigenvalue weighted by molar-refractivity contribution is 6.31. The van der Waals surface area contributed by atoms with E-state index in [0.717, 1.165) is 42.9 Å². The van der Waals surface area contributed by atoms with Crippen molar-refractivity contribution in [1.29, 1.82) is 0 Å². The van der Waals surface area contributed by atoms with Gasteiger partial charge in [-0.25, -0.2) is 0 Å². The summed E-state index contributed by atoms with van der Waals surface area (Å²) in [6.07, 6.45) is -1.06. The third-order valence-electron chi connectivity index (χ3n) is 7.90. The molecule has 9 heteroatoms. The Bertz CT molecular complexity index is 1400. The molecule has 0 unspecified atom stereocenters. The Labute approximate surface area is 235 Å². The Morgan fingerprint density at radius 1 is 0.975 bits per heavy atom. The molecule has 210 valence electrons. The fourth-order valence-corrected chi connectivity index (χ4v) is 6.05. The largest absolute Gasteiger partial charge is 0.490 e. The molecule has 0 saturated heterocycles. The Morgan fingerprint density at radius 2 is 1.68 bits per heavy atom. The van der Waals surface area contributed by atoms with Crippen molar-refractivity contribution in [1.82, 2.24) is 0 Å². The van der Waals surface area contributed by atoms with Crippen LogP contribution in [0.4, 0.5) is 18.9 Å². The molecule has 0 spiro atoms. The van der Waals surface area contributed by atoms with Crippen LogP contribution in [0.25, 0.3) is 11.1 Å². The number of carboxylic acids is 1. The quantitative estimate of drug-likeness (QED) is 0.328. The maximum Gasteiger partial charge on any atom is 0.416 e. The monoisotopic (exact) mass is 571 g/mol. The Kier molecular flexibility index (Phi) is 8.08. The fourth-order valence-electron chi connectivity index (χ4n) is 5.80. The molecule has 0 atom stereocenters. The van der Waals surface area contributed by atoms with Crippen molar-refractivity contribution in [3.8, 4) is 16.9 Å². The average Bonchev–Trinajstić information content (AvgIpc) is 2.93. The molecule has 5 rings (SSSR count). The Hall–Kier alpha value is -3.52. The zero-order valence-electron chi connectivity index (χ0n) is 21.7. The number of rotatable bonds is 6. The molecule has 0 radical (unpaired) electrons. The molecule has 0 bridgehead atoms. The van der Waals surface area contributed by atoms with E-state index in [1.807, 2.05) is 24.3 Å². The van der Waals surface area contributed by atoms with Crippen LogP contribution in [0.1, 0.15) is 54.7 Å². The maximum absolute atomic E-state index is 13.5. The molecule has 3 aromatic carbocycles. The van der Waals surface area contributed by atoms with Crippen molar-refractivity contribution >= 4 is 29.2 Å².